The van der Waals surface area contributed by atoms with E-state index in [1.165, 1.54) is 0 Å². The summed E-state index contributed by atoms with van der Waals surface area (Å²) in [4.78, 5) is 59.2. The van der Waals surface area contributed by atoms with Crippen molar-refractivity contribution in [1.29, 1.82) is 0 Å². The van der Waals surface area contributed by atoms with Crippen molar-refractivity contribution in [3.8, 4) is 0 Å². The van der Waals surface area contributed by atoms with Crippen LogP contribution in [0.15, 0.2) is 0 Å². The number of nitrogens with zero attached hydrogens (tertiary/aromatic N) is 1. The highest BCUT2D eigenvalue weighted by molar-refractivity contribution is 6.45. The Hall–Kier alpha value is -2.67. The minimum absolute atomic E-state index is 0.00535. The molecule has 0 aromatic carbocycles. The quantitative estimate of drug-likeness (QED) is 0.243. The van der Waals surface area contributed by atoms with Gasteiger partial charge in [0.2, 0.25) is 5.91 Å². The average molecular weight is 398 g/mol. The predicted molar refractivity (Wildman–Crippen MR) is 93.6 cm³/mol. The molecule has 2 rings (SSSR count). The van der Waals surface area contributed by atoms with Gasteiger partial charge >= 0.3 is 30.9 Å². The molecule has 2 aliphatic rings. The first-order chi connectivity index (χ1) is 13.2. The molecule has 13 heteroatoms. The number of carboxylic acids is 1. The van der Waals surface area contributed by atoms with E-state index in [0.717, 1.165) is 4.90 Å². The summed E-state index contributed by atoms with van der Waals surface area (Å²) in [5.74, 6) is -4.29. The number of aliphatic carboxylic acids is 1. The molecule has 0 saturated carbocycles. The van der Waals surface area contributed by atoms with Crippen LogP contribution in [-0.2, 0) is 23.8 Å². The van der Waals surface area contributed by atoms with Gasteiger partial charge in [0, 0.05) is 13.1 Å². The van der Waals surface area contributed by atoms with Crippen molar-refractivity contribution in [2.75, 3.05) is 13.1 Å². The Morgan fingerprint density at radius 2 is 2.07 bits per heavy atom. The molecule has 154 valence electrons. The molecule has 0 aliphatic carbocycles. The standard InChI is InChI=1S/C15H23BN4O8/c1-2-9(18-15(26)20-6-5-17-13(24)14(20)25)12(23)19-10-4-3-8(7-11(21)22)28-16(10)27/h8-10,27H,2-7H2,1H3,(H,17,24)(H,18,26)(H,19,23)(H,21,22)/t8-,9+,10-/m0/s1. The molecule has 3 atom stereocenters. The van der Waals surface area contributed by atoms with Crippen LogP contribution in [0.5, 0.6) is 0 Å². The van der Waals surface area contributed by atoms with Crippen LogP contribution in [0.4, 0.5) is 4.79 Å². The SMILES string of the molecule is CC[C@@H](NC(=O)N1CCNC(=O)C1=O)C(=O)N[C@H]1CC[C@@H](CC(=O)O)OB1O. The van der Waals surface area contributed by atoms with Crippen molar-refractivity contribution in [2.24, 2.45) is 0 Å². The summed E-state index contributed by atoms with van der Waals surface area (Å²) >= 11 is 0. The van der Waals surface area contributed by atoms with Gasteiger partial charge in [0.05, 0.1) is 18.5 Å². The number of hydrogen-bond acceptors (Lipinski definition) is 7. The molecule has 2 fully saturated rings. The molecule has 0 spiro atoms. The Balaban J connectivity index is 1.89. The number of carboxylic acid groups (broad SMARTS) is 1. The van der Waals surface area contributed by atoms with Crippen LogP contribution < -0.4 is 16.0 Å². The summed E-state index contributed by atoms with van der Waals surface area (Å²) in [7, 11) is -1.37. The number of imide groups is 1. The maximum Gasteiger partial charge on any atom is 0.478 e. The lowest BCUT2D eigenvalue weighted by Crippen LogP contribution is -2.61. The molecule has 0 bridgehead atoms. The molecule has 2 saturated heterocycles. The van der Waals surface area contributed by atoms with Crippen LogP contribution >= 0.6 is 0 Å². The van der Waals surface area contributed by atoms with Crippen molar-refractivity contribution in [3.63, 3.8) is 0 Å². The van der Waals surface area contributed by atoms with E-state index in [2.05, 4.69) is 16.0 Å². The molecule has 5 N–H and O–H groups in total. The highest BCUT2D eigenvalue weighted by Gasteiger charge is 2.38. The van der Waals surface area contributed by atoms with Crippen LogP contribution in [0.2, 0.25) is 0 Å². The van der Waals surface area contributed by atoms with Gasteiger partial charge in [0.1, 0.15) is 6.04 Å². The second-order valence-corrected chi connectivity index (χ2v) is 6.56. The molecule has 2 aliphatic heterocycles. The smallest absolute Gasteiger partial charge is 0.478 e. The van der Waals surface area contributed by atoms with Gasteiger partial charge in [-0.15, -0.1) is 0 Å². The van der Waals surface area contributed by atoms with E-state index in [0.29, 0.717) is 12.8 Å². The molecule has 12 nitrogen and oxygen atoms in total. The lowest BCUT2D eigenvalue weighted by atomic mass is 9.72. The minimum Gasteiger partial charge on any atom is -0.481 e. The number of carbonyl (C=O) groups is 5. The van der Waals surface area contributed by atoms with Crippen molar-refractivity contribution in [1.82, 2.24) is 20.9 Å². The zero-order valence-corrected chi connectivity index (χ0v) is 15.3. The van der Waals surface area contributed by atoms with E-state index >= 15 is 0 Å². The van der Waals surface area contributed by atoms with Crippen LogP contribution in [0.3, 0.4) is 0 Å². The lowest BCUT2D eigenvalue weighted by Gasteiger charge is -2.32. The molecule has 5 amide bonds. The molecule has 2 heterocycles. The summed E-state index contributed by atoms with van der Waals surface area (Å²) in [6.45, 7) is 1.77. The van der Waals surface area contributed by atoms with Gasteiger partial charge in [0.15, 0.2) is 0 Å². The zero-order chi connectivity index (χ0) is 20.8. The second kappa shape index (κ2) is 9.51. The maximum atomic E-state index is 12.4. The number of rotatable bonds is 6. The highest BCUT2D eigenvalue weighted by atomic mass is 16.5. The largest absolute Gasteiger partial charge is 0.481 e. The molecule has 0 aromatic heterocycles. The second-order valence-electron chi connectivity index (χ2n) is 6.56. The van der Waals surface area contributed by atoms with Gasteiger partial charge in [-0.25, -0.2) is 4.79 Å². The van der Waals surface area contributed by atoms with Gasteiger partial charge < -0.3 is 30.7 Å². The van der Waals surface area contributed by atoms with E-state index in [1.54, 1.807) is 6.92 Å². The van der Waals surface area contributed by atoms with E-state index in [1.807, 2.05) is 0 Å². The van der Waals surface area contributed by atoms with Crippen LogP contribution in [0.1, 0.15) is 32.6 Å². The summed E-state index contributed by atoms with van der Waals surface area (Å²) in [5.41, 5.74) is 0. The van der Waals surface area contributed by atoms with Crippen molar-refractivity contribution in [2.45, 2.75) is 50.7 Å². The van der Waals surface area contributed by atoms with E-state index in [4.69, 9.17) is 9.76 Å². The third-order valence-corrected chi connectivity index (χ3v) is 4.53. The molecular formula is C15H23BN4O8. The normalized spacial score (nSPS) is 23.6. The topological polar surface area (TPSA) is 174 Å². The summed E-state index contributed by atoms with van der Waals surface area (Å²) < 4.78 is 5.20. The fourth-order valence-corrected chi connectivity index (χ4v) is 2.99. The van der Waals surface area contributed by atoms with E-state index in [-0.39, 0.29) is 25.9 Å². The maximum absolute atomic E-state index is 12.4. The fourth-order valence-electron chi connectivity index (χ4n) is 2.99. The van der Waals surface area contributed by atoms with E-state index in [9.17, 15) is 29.0 Å². The van der Waals surface area contributed by atoms with Crippen molar-refractivity contribution < 1.29 is 38.8 Å². The van der Waals surface area contributed by atoms with Gasteiger partial charge in [-0.05, 0) is 19.3 Å². The Bertz CT molecular complexity index is 660. The number of piperazine rings is 1. The lowest BCUT2D eigenvalue weighted by molar-refractivity contribution is -0.146. The number of carbonyl (C=O) groups excluding carboxylic acids is 4. The molecule has 0 aromatic rings. The summed E-state index contributed by atoms with van der Waals surface area (Å²) in [5, 5.41) is 26.0. The molecule has 28 heavy (non-hydrogen) atoms. The third kappa shape index (κ3) is 5.42. The number of nitrogens with one attached hydrogen (secondary N) is 3. The first-order valence-corrected chi connectivity index (χ1v) is 8.98. The van der Waals surface area contributed by atoms with Crippen LogP contribution in [0.25, 0.3) is 0 Å². The Kier molecular flexibility index (Phi) is 7.34. The van der Waals surface area contributed by atoms with Gasteiger partial charge in [-0.2, -0.15) is 0 Å². The summed E-state index contributed by atoms with van der Waals surface area (Å²) in [6, 6.07) is -1.85. The number of urea groups is 1. The first-order valence-electron chi connectivity index (χ1n) is 8.98. The molecular weight excluding hydrogens is 375 g/mol. The highest BCUT2D eigenvalue weighted by Crippen LogP contribution is 2.18. The first kappa shape index (κ1) is 21.6. The Labute approximate surface area is 161 Å². The Morgan fingerprint density at radius 3 is 2.68 bits per heavy atom. The van der Waals surface area contributed by atoms with Crippen molar-refractivity contribution >= 4 is 36.8 Å². The van der Waals surface area contributed by atoms with Crippen LogP contribution in [0, 0.1) is 0 Å². The van der Waals surface area contributed by atoms with E-state index < -0.39 is 54.9 Å². The van der Waals surface area contributed by atoms with Gasteiger partial charge in [-0.1, -0.05) is 6.92 Å². The number of amides is 5. The number of hydrogen-bond donors (Lipinski definition) is 5. The Morgan fingerprint density at radius 1 is 1.36 bits per heavy atom. The predicted octanol–water partition coefficient (Wildman–Crippen LogP) is -2.41. The zero-order valence-electron chi connectivity index (χ0n) is 15.3. The fraction of sp³-hybridized carbons (Fsp3) is 0.667. The van der Waals surface area contributed by atoms with Crippen LogP contribution in [-0.4, -0.2) is 83.0 Å². The monoisotopic (exact) mass is 398 g/mol. The average Bonchev–Trinajstić information content (AvgIpc) is 2.63. The summed E-state index contributed by atoms with van der Waals surface area (Å²) in [6.07, 6.45) is -0.0343. The third-order valence-electron chi connectivity index (χ3n) is 4.53. The minimum atomic E-state index is -1.37. The molecule has 0 radical (unpaired) electrons. The van der Waals surface area contributed by atoms with Gasteiger partial charge in [0.25, 0.3) is 0 Å². The molecule has 0 unspecified atom stereocenters. The van der Waals surface area contributed by atoms with Crippen molar-refractivity contribution in [3.05, 3.63) is 0 Å². The van der Waals surface area contributed by atoms with Gasteiger partial charge in [-0.3, -0.25) is 24.1 Å².